The summed E-state index contributed by atoms with van der Waals surface area (Å²) in [5, 5.41) is 7.48. The number of rotatable bonds is 1. The molecule has 0 aliphatic carbocycles. The first-order valence-electron chi connectivity index (χ1n) is 11.7. The molecule has 5 rings (SSSR count). The molecule has 2 bridgehead atoms. The summed E-state index contributed by atoms with van der Waals surface area (Å²) in [6, 6.07) is 9.02. The van der Waals surface area contributed by atoms with Gasteiger partial charge in [0.2, 0.25) is 5.95 Å². The molecule has 0 saturated heterocycles. The van der Waals surface area contributed by atoms with E-state index in [4.69, 9.17) is 4.98 Å². The fourth-order valence-electron chi connectivity index (χ4n) is 4.77. The van der Waals surface area contributed by atoms with Crippen LogP contribution in [0.1, 0.15) is 58.3 Å². The predicted octanol–water partition coefficient (Wildman–Crippen LogP) is 4.57. The Morgan fingerprint density at radius 3 is 2.82 bits per heavy atom. The van der Waals surface area contributed by atoms with E-state index in [1.54, 1.807) is 12.1 Å². The molecule has 3 aromatic heterocycles. The third-order valence-corrected chi connectivity index (χ3v) is 6.54. The van der Waals surface area contributed by atoms with E-state index in [0.717, 1.165) is 65.6 Å². The maximum atomic E-state index is 13.4. The molecular formula is C26H28N6O2. The van der Waals surface area contributed by atoms with Crippen molar-refractivity contribution < 1.29 is 9.59 Å². The summed E-state index contributed by atoms with van der Waals surface area (Å²) in [5.41, 5.74) is 6.32. The molecule has 0 spiro atoms. The lowest BCUT2D eigenvalue weighted by Crippen LogP contribution is -2.18. The van der Waals surface area contributed by atoms with E-state index in [0.29, 0.717) is 29.5 Å². The number of anilines is 1. The zero-order valence-corrected chi connectivity index (χ0v) is 19.7. The number of amides is 1. The standard InChI is InChI=1S/C26H28N6O2/c1-16-6-4-5-7-23-20(13-27-31(23)3)22-12-19(10-17(2)28-22)25(34)30-26-29-21-9-8-18(15-33)11-24(21)32(26)14-16/h8-13,15-16H,4-7,14H2,1-3H3,(H,29,30,34)/t16-/m1/s1. The lowest BCUT2D eigenvalue weighted by Gasteiger charge is -2.16. The van der Waals surface area contributed by atoms with Gasteiger partial charge in [0.05, 0.1) is 22.9 Å². The molecule has 4 aromatic rings. The molecule has 8 nitrogen and oxygen atoms in total. The number of carbonyl (C=O) groups is 2. The van der Waals surface area contributed by atoms with Crippen LogP contribution >= 0.6 is 0 Å². The van der Waals surface area contributed by atoms with Crippen molar-refractivity contribution >= 4 is 29.2 Å². The van der Waals surface area contributed by atoms with Crippen molar-refractivity contribution in [1.82, 2.24) is 24.3 Å². The van der Waals surface area contributed by atoms with Crippen LogP contribution in [0.25, 0.3) is 22.3 Å². The molecule has 1 N–H and O–H groups in total. The monoisotopic (exact) mass is 456 g/mol. The number of benzene rings is 1. The van der Waals surface area contributed by atoms with Gasteiger partial charge in [-0.25, -0.2) is 4.98 Å². The molecule has 1 atom stereocenters. The number of pyridine rings is 1. The molecule has 4 heterocycles. The number of nitrogens with one attached hydrogen (secondary N) is 1. The van der Waals surface area contributed by atoms with Crippen LogP contribution in [-0.2, 0) is 20.0 Å². The number of hydrogen-bond donors (Lipinski definition) is 1. The van der Waals surface area contributed by atoms with Crippen molar-refractivity contribution in [3.8, 4) is 11.3 Å². The van der Waals surface area contributed by atoms with Gasteiger partial charge in [0.1, 0.15) is 6.29 Å². The maximum absolute atomic E-state index is 13.4. The molecule has 174 valence electrons. The number of fused-ring (bicyclic) bond motifs is 7. The molecule has 0 saturated carbocycles. The minimum atomic E-state index is -0.244. The van der Waals surface area contributed by atoms with Gasteiger partial charge in [0.15, 0.2) is 0 Å². The van der Waals surface area contributed by atoms with Crippen molar-refractivity contribution in [3.05, 3.63) is 59.0 Å². The summed E-state index contributed by atoms with van der Waals surface area (Å²) in [4.78, 5) is 34.1. The third-order valence-electron chi connectivity index (χ3n) is 6.54. The molecule has 0 unspecified atom stereocenters. The first kappa shape index (κ1) is 22.0. The maximum Gasteiger partial charge on any atom is 0.258 e. The van der Waals surface area contributed by atoms with Crippen molar-refractivity contribution in [1.29, 1.82) is 0 Å². The van der Waals surface area contributed by atoms with Crippen LogP contribution in [0, 0.1) is 12.8 Å². The van der Waals surface area contributed by atoms with Crippen LogP contribution in [-0.4, -0.2) is 36.5 Å². The van der Waals surface area contributed by atoms with Crippen molar-refractivity contribution in [3.63, 3.8) is 0 Å². The normalized spacial score (nSPS) is 16.8. The molecule has 1 aliphatic rings. The Kier molecular flexibility index (Phi) is 5.73. The summed E-state index contributed by atoms with van der Waals surface area (Å²) in [6.45, 7) is 4.80. The molecule has 0 radical (unpaired) electrons. The lowest BCUT2D eigenvalue weighted by molar-refractivity contribution is 0.102. The van der Waals surface area contributed by atoms with Gasteiger partial charge < -0.3 is 4.57 Å². The summed E-state index contributed by atoms with van der Waals surface area (Å²) < 4.78 is 3.94. The van der Waals surface area contributed by atoms with Crippen LogP contribution in [0.3, 0.4) is 0 Å². The predicted molar refractivity (Wildman–Crippen MR) is 131 cm³/mol. The molecule has 34 heavy (non-hydrogen) atoms. The van der Waals surface area contributed by atoms with E-state index in [-0.39, 0.29) is 5.91 Å². The van der Waals surface area contributed by atoms with Gasteiger partial charge in [0, 0.05) is 41.7 Å². The van der Waals surface area contributed by atoms with E-state index in [9.17, 15) is 9.59 Å². The fraction of sp³-hybridized carbons (Fsp3) is 0.346. The molecule has 8 heteroatoms. The van der Waals surface area contributed by atoms with Crippen LogP contribution < -0.4 is 5.32 Å². The van der Waals surface area contributed by atoms with Gasteiger partial charge in [0.25, 0.3) is 5.91 Å². The summed E-state index contributed by atoms with van der Waals surface area (Å²) in [7, 11) is 1.96. The van der Waals surface area contributed by atoms with Gasteiger partial charge in [-0.15, -0.1) is 0 Å². The Hall–Kier alpha value is -3.81. The highest BCUT2D eigenvalue weighted by Gasteiger charge is 2.20. The Labute approximate surface area is 198 Å². The summed E-state index contributed by atoms with van der Waals surface area (Å²) >= 11 is 0. The third kappa shape index (κ3) is 4.11. The van der Waals surface area contributed by atoms with E-state index >= 15 is 0 Å². The van der Waals surface area contributed by atoms with Crippen LogP contribution in [0.2, 0.25) is 0 Å². The fourth-order valence-corrected chi connectivity index (χ4v) is 4.77. The highest BCUT2D eigenvalue weighted by atomic mass is 16.1. The minimum Gasteiger partial charge on any atom is -0.310 e. The number of aromatic nitrogens is 5. The van der Waals surface area contributed by atoms with E-state index < -0.39 is 0 Å². The average Bonchev–Trinajstić information content (AvgIpc) is 3.35. The topological polar surface area (TPSA) is 94.7 Å². The zero-order valence-electron chi connectivity index (χ0n) is 19.7. The molecule has 1 amide bonds. The Balaban J connectivity index is 1.62. The molecular weight excluding hydrogens is 428 g/mol. The highest BCUT2D eigenvalue weighted by Crippen LogP contribution is 2.28. The number of nitrogens with zero attached hydrogens (tertiary/aromatic N) is 5. The van der Waals surface area contributed by atoms with Gasteiger partial charge >= 0.3 is 0 Å². The largest absolute Gasteiger partial charge is 0.310 e. The second-order valence-electron chi connectivity index (χ2n) is 9.23. The lowest BCUT2D eigenvalue weighted by atomic mass is 10.0. The van der Waals surface area contributed by atoms with Gasteiger partial charge in [-0.05, 0) is 62.4 Å². The first-order valence-corrected chi connectivity index (χ1v) is 11.7. The zero-order chi connectivity index (χ0) is 23.8. The molecule has 1 aromatic carbocycles. The SMILES string of the molecule is Cc1cc2cc(n1)-c1cnn(C)c1CCCC[C@@H](C)Cn1c(nc3ccc(C=O)cc31)NC2=O. The second kappa shape index (κ2) is 8.85. The van der Waals surface area contributed by atoms with Crippen LogP contribution in [0.4, 0.5) is 5.95 Å². The number of hydrogen-bond acceptors (Lipinski definition) is 5. The van der Waals surface area contributed by atoms with Crippen molar-refractivity contribution in [2.75, 3.05) is 5.32 Å². The highest BCUT2D eigenvalue weighted by molar-refractivity contribution is 6.05. The van der Waals surface area contributed by atoms with Crippen LogP contribution in [0.15, 0.2) is 36.5 Å². The first-order chi connectivity index (χ1) is 16.4. The van der Waals surface area contributed by atoms with Gasteiger partial charge in [-0.2, -0.15) is 5.10 Å². The molecule has 1 aliphatic heterocycles. The van der Waals surface area contributed by atoms with E-state index in [1.165, 1.54) is 0 Å². The van der Waals surface area contributed by atoms with Gasteiger partial charge in [-0.3, -0.25) is 24.6 Å². The average molecular weight is 457 g/mol. The second-order valence-corrected chi connectivity index (χ2v) is 9.23. The van der Waals surface area contributed by atoms with Crippen molar-refractivity contribution in [2.24, 2.45) is 13.0 Å². The summed E-state index contributed by atoms with van der Waals surface area (Å²) in [6.07, 6.45) is 6.73. The molecule has 0 fully saturated rings. The number of aldehydes is 1. The van der Waals surface area contributed by atoms with Gasteiger partial charge in [-0.1, -0.05) is 13.3 Å². The van der Waals surface area contributed by atoms with E-state index in [2.05, 4.69) is 22.3 Å². The number of aryl methyl sites for hydroxylation is 2. The summed E-state index contributed by atoms with van der Waals surface area (Å²) in [5.74, 6) is 0.615. The number of carbonyl (C=O) groups excluding carboxylic acids is 2. The van der Waals surface area contributed by atoms with Crippen molar-refractivity contribution in [2.45, 2.75) is 46.1 Å². The Bertz CT molecular complexity index is 1400. The Morgan fingerprint density at radius 1 is 1.15 bits per heavy atom. The van der Waals surface area contributed by atoms with E-state index in [1.807, 2.05) is 47.6 Å². The smallest absolute Gasteiger partial charge is 0.258 e. The minimum absolute atomic E-state index is 0.244. The Morgan fingerprint density at radius 2 is 2.00 bits per heavy atom. The number of imidazole rings is 1. The van der Waals surface area contributed by atoms with Crippen LogP contribution in [0.5, 0.6) is 0 Å². The quantitative estimate of drug-likeness (QED) is 0.424.